The molecule has 0 aromatic rings. The minimum Gasteiger partial charge on any atom is -0.462 e. The second-order valence-corrected chi connectivity index (χ2v) is 20.9. The van der Waals surface area contributed by atoms with Crippen LogP contribution in [0.4, 0.5) is 0 Å². The first-order valence-electron chi connectivity index (χ1n) is 32.0. The fourth-order valence-electron chi connectivity index (χ4n) is 8.69. The molecule has 1 unspecified atom stereocenters. The Labute approximate surface area is 475 Å². The van der Waals surface area contributed by atoms with Gasteiger partial charge in [0.15, 0.2) is 6.10 Å². The quantitative estimate of drug-likeness (QED) is 0.0261. The van der Waals surface area contributed by atoms with Gasteiger partial charge in [0, 0.05) is 19.3 Å². The van der Waals surface area contributed by atoms with Crippen LogP contribution in [0, 0.1) is 0 Å². The molecule has 0 saturated carbocycles. The molecule has 6 nitrogen and oxygen atoms in total. The van der Waals surface area contributed by atoms with Crippen LogP contribution in [-0.4, -0.2) is 37.2 Å². The van der Waals surface area contributed by atoms with E-state index < -0.39 is 6.10 Å². The minimum absolute atomic E-state index is 0.0996. The number of hydrogen-bond acceptors (Lipinski definition) is 6. The lowest BCUT2D eigenvalue weighted by molar-refractivity contribution is -0.167. The van der Waals surface area contributed by atoms with Gasteiger partial charge in [0.2, 0.25) is 0 Å². The van der Waals surface area contributed by atoms with Crippen LogP contribution in [0.1, 0.15) is 290 Å². The third-order valence-corrected chi connectivity index (χ3v) is 13.4. The van der Waals surface area contributed by atoms with Crippen molar-refractivity contribution >= 4 is 17.9 Å². The average molecular weight is 1070 g/mol. The molecule has 0 aliphatic carbocycles. The Bertz CT molecular complexity index is 1600. The summed E-state index contributed by atoms with van der Waals surface area (Å²) in [4.78, 5) is 38.3. The molecule has 0 aromatic carbocycles. The average Bonchev–Trinajstić information content (AvgIpc) is 3.43. The van der Waals surface area contributed by atoms with E-state index in [1.807, 2.05) is 0 Å². The van der Waals surface area contributed by atoms with Crippen LogP contribution in [-0.2, 0) is 28.6 Å². The van der Waals surface area contributed by atoms with Crippen molar-refractivity contribution < 1.29 is 28.6 Å². The van der Waals surface area contributed by atoms with Crippen LogP contribution in [0.3, 0.4) is 0 Å². The summed E-state index contributed by atoms with van der Waals surface area (Å²) in [5, 5.41) is 0. The predicted molar refractivity (Wildman–Crippen MR) is 334 cm³/mol. The second-order valence-electron chi connectivity index (χ2n) is 20.9. The van der Waals surface area contributed by atoms with E-state index in [1.165, 1.54) is 116 Å². The molecular weight excluding hydrogens is 949 g/mol. The largest absolute Gasteiger partial charge is 0.462 e. The smallest absolute Gasteiger partial charge is 0.306 e. The van der Waals surface area contributed by atoms with Crippen LogP contribution in [0.5, 0.6) is 0 Å². The van der Waals surface area contributed by atoms with Gasteiger partial charge in [-0.05, 0) is 128 Å². The number of esters is 3. The number of carbonyl (C=O) groups is 3. The van der Waals surface area contributed by atoms with E-state index in [9.17, 15) is 14.4 Å². The van der Waals surface area contributed by atoms with Gasteiger partial charge in [-0.3, -0.25) is 14.4 Å². The molecule has 438 valence electrons. The number of allylic oxidation sites excluding steroid dienone is 20. The molecule has 0 N–H and O–H groups in total. The molecule has 0 bridgehead atoms. The molecule has 77 heavy (non-hydrogen) atoms. The van der Waals surface area contributed by atoms with Crippen LogP contribution in [0.2, 0.25) is 0 Å². The zero-order valence-electron chi connectivity index (χ0n) is 50.2. The number of carbonyl (C=O) groups excluding carboxylic acids is 3. The van der Waals surface area contributed by atoms with Crippen molar-refractivity contribution in [1.29, 1.82) is 0 Å². The summed E-state index contributed by atoms with van der Waals surface area (Å²) in [6.45, 7) is 6.36. The molecular formula is C71H118O6. The predicted octanol–water partition coefficient (Wildman–Crippen LogP) is 22.0. The Kier molecular flexibility index (Phi) is 60.8. The van der Waals surface area contributed by atoms with Crippen LogP contribution in [0.15, 0.2) is 122 Å². The van der Waals surface area contributed by atoms with Crippen LogP contribution >= 0.6 is 0 Å². The Hall–Kier alpha value is -4.19. The molecule has 6 heteroatoms. The maximum atomic E-state index is 12.9. The summed E-state index contributed by atoms with van der Waals surface area (Å²) in [5.74, 6) is -0.952. The maximum absolute atomic E-state index is 12.9. The van der Waals surface area contributed by atoms with Gasteiger partial charge in [0.25, 0.3) is 0 Å². The van der Waals surface area contributed by atoms with Crippen molar-refractivity contribution in [2.24, 2.45) is 0 Å². The molecule has 0 aromatic heterocycles. The fraction of sp³-hybridized carbons (Fsp3) is 0.676. The molecule has 0 spiro atoms. The summed E-state index contributed by atoms with van der Waals surface area (Å²) in [6, 6.07) is 0. The van der Waals surface area contributed by atoms with Gasteiger partial charge in [-0.15, -0.1) is 0 Å². The molecule has 1 atom stereocenters. The highest BCUT2D eigenvalue weighted by Gasteiger charge is 2.19. The molecule has 0 aliphatic heterocycles. The van der Waals surface area contributed by atoms with Crippen molar-refractivity contribution in [3.8, 4) is 0 Å². The van der Waals surface area contributed by atoms with Gasteiger partial charge in [0.05, 0.1) is 0 Å². The molecule has 0 radical (unpaired) electrons. The van der Waals surface area contributed by atoms with E-state index >= 15 is 0 Å². The van der Waals surface area contributed by atoms with Gasteiger partial charge in [-0.1, -0.05) is 264 Å². The zero-order chi connectivity index (χ0) is 55.7. The molecule has 0 fully saturated rings. The molecule has 0 aliphatic rings. The lowest BCUT2D eigenvalue weighted by Crippen LogP contribution is -2.30. The van der Waals surface area contributed by atoms with Gasteiger partial charge in [-0.2, -0.15) is 0 Å². The number of rotatable bonds is 57. The Morgan fingerprint density at radius 3 is 0.805 bits per heavy atom. The first-order valence-corrected chi connectivity index (χ1v) is 32.0. The molecule has 0 rings (SSSR count). The number of hydrogen-bond donors (Lipinski definition) is 0. The van der Waals surface area contributed by atoms with Gasteiger partial charge in [-0.25, -0.2) is 0 Å². The van der Waals surface area contributed by atoms with E-state index in [0.29, 0.717) is 19.3 Å². The topological polar surface area (TPSA) is 78.9 Å². The summed E-state index contributed by atoms with van der Waals surface area (Å²) in [7, 11) is 0. The van der Waals surface area contributed by atoms with E-state index in [-0.39, 0.29) is 31.1 Å². The van der Waals surface area contributed by atoms with Crippen molar-refractivity contribution in [3.05, 3.63) is 122 Å². The van der Waals surface area contributed by atoms with Crippen molar-refractivity contribution in [3.63, 3.8) is 0 Å². The minimum atomic E-state index is -0.807. The Morgan fingerprint density at radius 1 is 0.273 bits per heavy atom. The third kappa shape index (κ3) is 62.5. The van der Waals surface area contributed by atoms with Crippen molar-refractivity contribution in [1.82, 2.24) is 0 Å². The highest BCUT2D eigenvalue weighted by Crippen LogP contribution is 2.16. The fourth-order valence-corrected chi connectivity index (χ4v) is 8.69. The number of ether oxygens (including phenoxy) is 3. The van der Waals surface area contributed by atoms with Crippen molar-refractivity contribution in [2.45, 2.75) is 297 Å². The van der Waals surface area contributed by atoms with Gasteiger partial charge >= 0.3 is 17.9 Å². The highest BCUT2D eigenvalue weighted by molar-refractivity contribution is 5.71. The molecule has 0 amide bonds. The number of unbranched alkanes of at least 4 members (excludes halogenated alkanes) is 26. The van der Waals surface area contributed by atoms with Gasteiger partial charge in [0.1, 0.15) is 13.2 Å². The summed E-state index contributed by atoms with van der Waals surface area (Å²) in [6.07, 6.45) is 89.3. The summed E-state index contributed by atoms with van der Waals surface area (Å²) in [5.41, 5.74) is 0. The zero-order valence-corrected chi connectivity index (χ0v) is 50.2. The van der Waals surface area contributed by atoms with E-state index in [0.717, 1.165) is 135 Å². The normalized spacial score (nSPS) is 12.9. The SMILES string of the molecule is CC/C=C\C/C=C\C/C=C\C/C=C\CCCCCCC(=O)OC(COC(=O)CCCCC/C=C\C/C=C\C/C=C\CC)COC(=O)CCCCCCCCCCCCCCCC/C=C\C/C=C\C/C=C\CCCCCCC. The summed E-state index contributed by atoms with van der Waals surface area (Å²) < 4.78 is 16.9. The maximum Gasteiger partial charge on any atom is 0.306 e. The summed E-state index contributed by atoms with van der Waals surface area (Å²) >= 11 is 0. The first-order chi connectivity index (χ1) is 38.0. The van der Waals surface area contributed by atoms with Gasteiger partial charge < -0.3 is 14.2 Å². The van der Waals surface area contributed by atoms with E-state index in [4.69, 9.17) is 14.2 Å². The Morgan fingerprint density at radius 2 is 0.506 bits per heavy atom. The Balaban J connectivity index is 4.30. The lowest BCUT2D eigenvalue weighted by atomic mass is 10.0. The molecule has 0 saturated heterocycles. The monoisotopic (exact) mass is 1070 g/mol. The first kappa shape index (κ1) is 72.8. The molecule has 0 heterocycles. The second kappa shape index (κ2) is 64.3. The highest BCUT2D eigenvalue weighted by atomic mass is 16.6. The lowest BCUT2D eigenvalue weighted by Gasteiger charge is -2.18. The standard InChI is InChI=1S/C71H118O6/c1-4-7-10-13-16-19-22-25-27-29-30-31-32-33-34-35-36-37-38-39-40-42-43-46-49-52-55-58-61-64-70(73)76-67-68(66-75-69(72)63-60-57-54-51-48-45-24-21-18-15-12-9-6-3)77-71(74)65-62-59-56-53-50-47-44-41-28-26-23-20-17-14-11-8-5-2/h8-9,11-12,17-18,20-22,25-26,28-30,32-33,44-45,47-48,68H,4-7,10,13-16,19,23-24,27,31,34-43,46,49-67H2,1-3H3/b11-8-,12-9-,20-17-,21-18-,25-22-,28-26-,30-29-,33-32-,47-44-,48-45-. The van der Waals surface area contributed by atoms with Crippen LogP contribution in [0.25, 0.3) is 0 Å². The van der Waals surface area contributed by atoms with Crippen LogP contribution < -0.4 is 0 Å². The van der Waals surface area contributed by atoms with E-state index in [2.05, 4.69) is 142 Å². The van der Waals surface area contributed by atoms with E-state index in [1.54, 1.807) is 0 Å². The third-order valence-electron chi connectivity index (χ3n) is 13.4. The van der Waals surface area contributed by atoms with Crippen molar-refractivity contribution in [2.75, 3.05) is 13.2 Å².